The number of hydrogen-bond donors (Lipinski definition) is 2. The lowest BCUT2D eigenvalue weighted by molar-refractivity contribution is -0.197. The van der Waals surface area contributed by atoms with Crippen LogP contribution in [0.1, 0.15) is 124 Å². The molecule has 198 valence electrons. The molecule has 0 aromatic rings. The summed E-state index contributed by atoms with van der Waals surface area (Å²) in [5.74, 6) is 0.863. The second-order valence-corrected chi connectivity index (χ2v) is 11.9. The Kier molecular flexibility index (Phi) is 13.4. The van der Waals surface area contributed by atoms with Crippen LogP contribution in [0, 0.1) is 17.8 Å². The number of nitrogens with zero attached hydrogens (tertiary/aromatic N) is 2. The molecular formula is C28H58N2O3. The van der Waals surface area contributed by atoms with Gasteiger partial charge in [-0.3, -0.25) is 4.79 Å². The van der Waals surface area contributed by atoms with Crippen LogP contribution in [-0.4, -0.2) is 48.5 Å². The van der Waals surface area contributed by atoms with Gasteiger partial charge in [0.15, 0.2) is 0 Å². The molecule has 1 atom stereocenters. The molecule has 1 saturated heterocycles. The predicted octanol–water partition coefficient (Wildman–Crippen LogP) is 7.75. The number of carbonyl (C=O) groups is 1. The Balaban J connectivity index is 0. The van der Waals surface area contributed by atoms with Crippen molar-refractivity contribution in [2.75, 3.05) is 0 Å². The van der Waals surface area contributed by atoms with E-state index in [0.29, 0.717) is 5.92 Å². The Morgan fingerprint density at radius 1 is 0.909 bits per heavy atom. The van der Waals surface area contributed by atoms with Crippen LogP contribution in [0.25, 0.3) is 0 Å². The lowest BCUT2D eigenvalue weighted by atomic mass is 9.80. The summed E-state index contributed by atoms with van der Waals surface area (Å²) in [5.41, 5.74) is 0.144. The van der Waals surface area contributed by atoms with Crippen molar-refractivity contribution in [3.8, 4) is 0 Å². The van der Waals surface area contributed by atoms with Gasteiger partial charge in [-0.25, -0.2) is 0 Å². The van der Waals surface area contributed by atoms with E-state index in [1.165, 1.54) is 15.7 Å². The van der Waals surface area contributed by atoms with E-state index in [1.54, 1.807) is 0 Å². The minimum atomic E-state index is -0.454. The van der Waals surface area contributed by atoms with Gasteiger partial charge in [0.1, 0.15) is 5.78 Å². The molecule has 1 unspecified atom stereocenters. The van der Waals surface area contributed by atoms with Crippen molar-refractivity contribution in [2.24, 2.45) is 17.8 Å². The Labute approximate surface area is 206 Å². The Bertz CT molecular complexity index is 631. The maximum Gasteiger partial charge on any atom is 0.140 e. The molecule has 0 saturated carbocycles. The van der Waals surface area contributed by atoms with E-state index in [4.69, 9.17) is 0 Å². The maximum absolute atomic E-state index is 12.1. The van der Waals surface area contributed by atoms with Crippen molar-refractivity contribution < 1.29 is 15.2 Å². The largest absolute Gasteiger partial charge is 0.313 e. The van der Waals surface area contributed by atoms with Gasteiger partial charge in [0.05, 0.1) is 16.6 Å². The van der Waals surface area contributed by atoms with Crippen LogP contribution in [-0.2, 0) is 4.79 Å². The van der Waals surface area contributed by atoms with E-state index < -0.39 is 5.54 Å². The van der Waals surface area contributed by atoms with Crippen molar-refractivity contribution in [3.05, 3.63) is 11.6 Å². The lowest BCUT2D eigenvalue weighted by Crippen LogP contribution is -2.48. The van der Waals surface area contributed by atoms with Crippen LogP contribution in [0.4, 0.5) is 0 Å². The van der Waals surface area contributed by atoms with Gasteiger partial charge in [-0.2, -0.15) is 10.1 Å². The molecule has 5 heteroatoms. The average molecular weight is 471 g/mol. The van der Waals surface area contributed by atoms with Crippen molar-refractivity contribution in [2.45, 2.75) is 146 Å². The molecule has 33 heavy (non-hydrogen) atoms. The first-order chi connectivity index (χ1) is 14.8. The fourth-order valence-electron chi connectivity index (χ4n) is 4.88. The van der Waals surface area contributed by atoms with Gasteiger partial charge in [-0.05, 0) is 74.1 Å². The van der Waals surface area contributed by atoms with E-state index >= 15 is 0 Å². The molecule has 0 bridgehead atoms. The van der Waals surface area contributed by atoms with Gasteiger partial charge < -0.3 is 10.4 Å². The molecule has 5 nitrogen and oxygen atoms in total. The molecule has 2 aliphatic rings. The van der Waals surface area contributed by atoms with Crippen LogP contribution < -0.4 is 0 Å². The van der Waals surface area contributed by atoms with Crippen LogP contribution in [0.5, 0.6) is 0 Å². The number of rotatable bonds is 4. The topological polar surface area (TPSA) is 64.0 Å². The zero-order valence-corrected chi connectivity index (χ0v) is 24.9. The van der Waals surface area contributed by atoms with Crippen molar-refractivity contribution >= 4 is 5.78 Å². The molecule has 0 aliphatic carbocycles. The molecule has 0 amide bonds. The minimum Gasteiger partial charge on any atom is -0.313 e. The highest BCUT2D eigenvalue weighted by Crippen LogP contribution is 2.44. The van der Waals surface area contributed by atoms with Gasteiger partial charge in [0.25, 0.3) is 0 Å². The molecule has 0 spiro atoms. The van der Waals surface area contributed by atoms with Crippen molar-refractivity contribution in [3.63, 3.8) is 0 Å². The molecule has 2 aliphatic heterocycles. The summed E-state index contributed by atoms with van der Waals surface area (Å²) in [5, 5.41) is 22.9. The second-order valence-electron chi connectivity index (χ2n) is 11.9. The first-order valence-corrected chi connectivity index (χ1v) is 13.0. The number of ketones is 1. The highest BCUT2D eigenvalue weighted by molar-refractivity contribution is 5.84. The van der Waals surface area contributed by atoms with Gasteiger partial charge in [-0.1, -0.05) is 67.0 Å². The van der Waals surface area contributed by atoms with Crippen LogP contribution in [0.2, 0.25) is 0 Å². The number of hydrogen-bond acceptors (Lipinski definition) is 5. The van der Waals surface area contributed by atoms with E-state index in [9.17, 15) is 15.2 Å². The summed E-state index contributed by atoms with van der Waals surface area (Å²) in [6.45, 7) is 32.3. The van der Waals surface area contributed by atoms with E-state index in [0.717, 1.165) is 12.8 Å². The normalized spacial score (nSPS) is 24.7. The molecule has 0 radical (unpaired) electrons. The van der Waals surface area contributed by atoms with E-state index in [1.807, 2.05) is 83.1 Å². The van der Waals surface area contributed by atoms with Crippen molar-refractivity contribution in [1.82, 2.24) is 10.1 Å². The molecule has 0 aromatic carbocycles. The summed E-state index contributed by atoms with van der Waals surface area (Å²) >= 11 is 0. The summed E-state index contributed by atoms with van der Waals surface area (Å²) in [7, 11) is 0. The lowest BCUT2D eigenvalue weighted by Gasteiger charge is -2.36. The number of hydroxylamine groups is 4. The minimum absolute atomic E-state index is 0.0385. The maximum atomic E-state index is 12.1. The molecule has 1 fully saturated rings. The van der Waals surface area contributed by atoms with Crippen LogP contribution in [0.15, 0.2) is 11.6 Å². The second kappa shape index (κ2) is 12.8. The standard InChI is InChI=1S/C12H23NO2.C12H23NO.2C2H6/c1-8(2)10(14)9-7-11(3,4)13(15)12(9,5)6;1-9(2)7-10-8-11(3,4)13(14)12(10,5)6;2*1-2/h8-9,15H,7H2,1-6H3;8-9,14H,7H2,1-6H3;2*1-2H3. The monoisotopic (exact) mass is 470 g/mol. The van der Waals surface area contributed by atoms with Crippen LogP contribution in [0.3, 0.4) is 0 Å². The summed E-state index contributed by atoms with van der Waals surface area (Å²) in [6, 6.07) is 0. The molecule has 2 rings (SSSR count). The fourth-order valence-corrected chi connectivity index (χ4v) is 4.88. The smallest absolute Gasteiger partial charge is 0.140 e. The summed E-state index contributed by atoms with van der Waals surface area (Å²) in [6.07, 6.45) is 3.99. The fraction of sp³-hybridized carbons (Fsp3) is 0.893. The first-order valence-electron chi connectivity index (χ1n) is 13.0. The summed E-state index contributed by atoms with van der Waals surface area (Å²) in [4.78, 5) is 12.1. The van der Waals surface area contributed by atoms with Crippen LogP contribution >= 0.6 is 0 Å². The molecule has 2 N–H and O–H groups in total. The molecule has 0 aromatic heterocycles. The predicted molar refractivity (Wildman–Crippen MR) is 142 cm³/mol. The Morgan fingerprint density at radius 3 is 1.58 bits per heavy atom. The summed E-state index contributed by atoms with van der Waals surface area (Å²) < 4.78 is 0. The Hall–Kier alpha value is -0.750. The van der Waals surface area contributed by atoms with Gasteiger partial charge in [-0.15, -0.1) is 0 Å². The highest BCUT2D eigenvalue weighted by atomic mass is 16.5. The number of carbonyl (C=O) groups excluding carboxylic acids is 1. The highest BCUT2D eigenvalue weighted by Gasteiger charge is 2.54. The SMILES string of the molecule is CC.CC.CC(C)C(=O)C1CC(C)(C)N(O)C1(C)C.CC(C)CC1=CC(C)(C)N(O)C1(C)C. The first kappa shape index (κ1) is 34.4. The van der Waals surface area contributed by atoms with Gasteiger partial charge >= 0.3 is 0 Å². The zero-order valence-electron chi connectivity index (χ0n) is 24.9. The van der Waals surface area contributed by atoms with Crippen molar-refractivity contribution in [1.29, 1.82) is 0 Å². The number of Topliss-reactive ketones (excluding diaryl/α,β-unsaturated/α-hetero) is 1. The quantitative estimate of drug-likeness (QED) is 0.411. The molecule has 2 heterocycles. The van der Waals surface area contributed by atoms with Gasteiger partial charge in [0, 0.05) is 17.4 Å². The van der Waals surface area contributed by atoms with E-state index in [-0.39, 0.29) is 34.2 Å². The average Bonchev–Trinajstić information content (AvgIpc) is 2.97. The Morgan fingerprint density at radius 2 is 1.33 bits per heavy atom. The molecular weight excluding hydrogens is 412 g/mol. The third kappa shape index (κ3) is 8.16. The third-order valence-electron chi connectivity index (χ3n) is 6.61. The van der Waals surface area contributed by atoms with E-state index in [2.05, 4.69) is 33.8 Å². The third-order valence-corrected chi connectivity index (χ3v) is 6.61. The zero-order chi connectivity index (χ0) is 27.2. The van der Waals surface area contributed by atoms with Gasteiger partial charge in [0.2, 0.25) is 0 Å².